The van der Waals surface area contributed by atoms with Crippen molar-refractivity contribution in [3.8, 4) is 11.1 Å². The van der Waals surface area contributed by atoms with E-state index in [9.17, 15) is 31.5 Å². The molecule has 48 heavy (non-hydrogen) atoms. The number of benzene rings is 3. The van der Waals surface area contributed by atoms with Crippen molar-refractivity contribution in [3.05, 3.63) is 106 Å². The first-order valence-corrected chi connectivity index (χ1v) is 17.3. The summed E-state index contributed by atoms with van der Waals surface area (Å²) in [5.41, 5.74) is 1.78. The molecule has 1 amide bonds. The van der Waals surface area contributed by atoms with Crippen LogP contribution in [0.25, 0.3) is 11.1 Å². The van der Waals surface area contributed by atoms with Crippen LogP contribution in [0.3, 0.4) is 0 Å². The molecule has 1 saturated carbocycles. The SMILES string of the molecule is CCN(CC)CCN(Cc1ccc(-c2ccc(C(F)(F)F)cc2)cc1)C(=O)CN1C(SCc2cccc(F)c2F)=CC(=O)C2CCCC21. The molecule has 11 heteroatoms. The van der Waals surface area contributed by atoms with Gasteiger partial charge in [-0.1, -0.05) is 68.8 Å². The number of hydrogen-bond donors (Lipinski definition) is 0. The molecule has 0 spiro atoms. The molecular formula is C37H40F5N3O2S. The van der Waals surface area contributed by atoms with Crippen molar-refractivity contribution in [2.75, 3.05) is 32.7 Å². The average molecular weight is 686 g/mol. The molecule has 1 aliphatic carbocycles. The summed E-state index contributed by atoms with van der Waals surface area (Å²) < 4.78 is 67.4. The quantitative estimate of drug-likeness (QED) is 0.170. The Bertz CT molecular complexity index is 1610. The highest BCUT2D eigenvalue weighted by Crippen LogP contribution is 2.41. The highest BCUT2D eigenvalue weighted by Gasteiger charge is 2.41. The van der Waals surface area contributed by atoms with Gasteiger partial charge in [-0.15, -0.1) is 11.8 Å². The maximum atomic E-state index is 14.5. The predicted octanol–water partition coefficient (Wildman–Crippen LogP) is 8.15. The minimum Gasteiger partial charge on any atom is -0.353 e. The van der Waals surface area contributed by atoms with E-state index in [1.54, 1.807) is 11.0 Å². The number of halogens is 5. The molecule has 1 fully saturated rings. The van der Waals surface area contributed by atoms with E-state index in [1.807, 2.05) is 29.2 Å². The summed E-state index contributed by atoms with van der Waals surface area (Å²) in [4.78, 5) is 33.2. The first kappa shape index (κ1) is 35.6. The largest absolute Gasteiger partial charge is 0.416 e. The second-order valence-corrected chi connectivity index (χ2v) is 13.2. The number of fused-ring (bicyclic) bond motifs is 1. The van der Waals surface area contributed by atoms with Gasteiger partial charge in [0.15, 0.2) is 17.4 Å². The molecule has 2 unspecified atom stereocenters. The van der Waals surface area contributed by atoms with Crippen LogP contribution in [0.5, 0.6) is 0 Å². The van der Waals surface area contributed by atoms with E-state index < -0.39 is 23.4 Å². The highest BCUT2D eigenvalue weighted by molar-refractivity contribution is 8.02. The summed E-state index contributed by atoms with van der Waals surface area (Å²) in [7, 11) is 0. The van der Waals surface area contributed by atoms with E-state index in [0.717, 1.165) is 61.7 Å². The molecule has 256 valence electrons. The maximum Gasteiger partial charge on any atom is 0.416 e. The Morgan fingerprint density at radius 1 is 0.917 bits per heavy atom. The Labute approximate surface area is 282 Å². The smallest absolute Gasteiger partial charge is 0.353 e. The summed E-state index contributed by atoms with van der Waals surface area (Å²) in [6, 6.07) is 16.4. The Hall–Kier alpha value is -3.70. The van der Waals surface area contributed by atoms with Gasteiger partial charge < -0.3 is 14.7 Å². The number of alkyl halides is 3. The monoisotopic (exact) mass is 685 g/mol. The summed E-state index contributed by atoms with van der Waals surface area (Å²) in [5.74, 6) is -2.04. The van der Waals surface area contributed by atoms with Gasteiger partial charge in [0.2, 0.25) is 5.91 Å². The fraction of sp³-hybridized carbons (Fsp3) is 0.405. The lowest BCUT2D eigenvalue weighted by Gasteiger charge is -2.39. The number of thioether (sulfide) groups is 1. The first-order chi connectivity index (χ1) is 23.0. The van der Waals surface area contributed by atoms with Crippen LogP contribution < -0.4 is 0 Å². The Balaban J connectivity index is 1.34. The van der Waals surface area contributed by atoms with Crippen LogP contribution in [0.15, 0.2) is 77.8 Å². The Kier molecular flexibility index (Phi) is 11.6. The third-order valence-electron chi connectivity index (χ3n) is 9.31. The van der Waals surface area contributed by atoms with Crippen LogP contribution in [0.1, 0.15) is 49.8 Å². The number of ketones is 1. The molecule has 0 radical (unpaired) electrons. The average Bonchev–Trinajstić information content (AvgIpc) is 3.58. The summed E-state index contributed by atoms with van der Waals surface area (Å²) in [6.45, 7) is 7.31. The highest BCUT2D eigenvalue weighted by atomic mass is 32.2. The fourth-order valence-electron chi connectivity index (χ4n) is 6.47. The van der Waals surface area contributed by atoms with E-state index in [4.69, 9.17) is 0 Å². The van der Waals surface area contributed by atoms with Crippen molar-refractivity contribution >= 4 is 23.5 Å². The maximum absolute atomic E-state index is 14.5. The number of amides is 1. The van der Waals surface area contributed by atoms with Crippen LogP contribution in [0, 0.1) is 17.6 Å². The standard InChI is InChI=1S/C37H40F5N3O2S/c1-3-43(4-2)19-20-44(22-25-11-13-26(14-12-25)27-15-17-29(18-16-27)37(40,41)42)34(47)23-45-32-10-6-8-30(32)33(46)21-35(45)48-24-28-7-5-9-31(38)36(28)39/h5,7,9,11-18,21,30,32H,3-4,6,8,10,19-20,22-24H2,1-2H3. The Morgan fingerprint density at radius 3 is 2.23 bits per heavy atom. The molecule has 2 atom stereocenters. The lowest BCUT2D eigenvalue weighted by Crippen LogP contribution is -2.49. The molecule has 1 heterocycles. The predicted molar refractivity (Wildman–Crippen MR) is 179 cm³/mol. The number of hydrogen-bond acceptors (Lipinski definition) is 5. The van der Waals surface area contributed by atoms with Gasteiger partial charge in [0, 0.05) is 49.0 Å². The summed E-state index contributed by atoms with van der Waals surface area (Å²) >= 11 is 1.24. The van der Waals surface area contributed by atoms with Crippen LogP contribution in [-0.4, -0.2) is 65.2 Å². The van der Waals surface area contributed by atoms with E-state index in [-0.39, 0.29) is 41.5 Å². The van der Waals surface area contributed by atoms with Crippen LogP contribution >= 0.6 is 11.8 Å². The van der Waals surface area contributed by atoms with Gasteiger partial charge in [-0.2, -0.15) is 13.2 Å². The van der Waals surface area contributed by atoms with Gasteiger partial charge in [-0.25, -0.2) is 8.78 Å². The van der Waals surface area contributed by atoms with E-state index in [2.05, 4.69) is 18.7 Å². The fourth-order valence-corrected chi connectivity index (χ4v) is 7.56. The zero-order chi connectivity index (χ0) is 34.4. The van der Waals surface area contributed by atoms with Crippen molar-refractivity contribution in [2.24, 2.45) is 5.92 Å². The normalized spacial score (nSPS) is 17.9. The van der Waals surface area contributed by atoms with Crippen molar-refractivity contribution in [1.82, 2.24) is 14.7 Å². The zero-order valence-corrected chi connectivity index (χ0v) is 27.9. The molecule has 3 aromatic rings. The minimum atomic E-state index is -4.40. The number of allylic oxidation sites excluding steroid dienone is 1. The molecule has 5 nitrogen and oxygen atoms in total. The molecule has 2 aliphatic rings. The number of rotatable bonds is 13. The lowest BCUT2D eigenvalue weighted by atomic mass is 9.94. The van der Waals surface area contributed by atoms with Gasteiger partial charge in [-0.3, -0.25) is 9.59 Å². The second-order valence-electron chi connectivity index (χ2n) is 12.2. The molecule has 0 aromatic heterocycles. The summed E-state index contributed by atoms with van der Waals surface area (Å²) in [6.07, 6.45) is -0.464. The van der Waals surface area contributed by atoms with Crippen molar-refractivity contribution in [2.45, 2.75) is 57.6 Å². The van der Waals surface area contributed by atoms with E-state index in [1.165, 1.54) is 36.0 Å². The molecule has 0 bridgehead atoms. The lowest BCUT2D eigenvalue weighted by molar-refractivity contribution is -0.137. The molecule has 3 aromatic carbocycles. The Morgan fingerprint density at radius 2 is 1.58 bits per heavy atom. The zero-order valence-electron chi connectivity index (χ0n) is 27.1. The first-order valence-electron chi connectivity index (χ1n) is 16.3. The number of carbonyl (C=O) groups is 2. The minimum absolute atomic E-state index is 0.00920. The van der Waals surface area contributed by atoms with Gasteiger partial charge >= 0.3 is 6.18 Å². The third kappa shape index (κ3) is 8.47. The molecule has 0 N–H and O–H groups in total. The van der Waals surface area contributed by atoms with Crippen LogP contribution in [0.4, 0.5) is 22.0 Å². The van der Waals surface area contributed by atoms with Gasteiger partial charge in [0.05, 0.1) is 17.1 Å². The molecule has 0 saturated heterocycles. The van der Waals surface area contributed by atoms with Crippen molar-refractivity contribution < 1.29 is 31.5 Å². The summed E-state index contributed by atoms with van der Waals surface area (Å²) in [5, 5.41) is 0.588. The van der Waals surface area contributed by atoms with Gasteiger partial charge in [0.1, 0.15) is 0 Å². The molecule has 5 rings (SSSR count). The third-order valence-corrected chi connectivity index (χ3v) is 10.4. The van der Waals surface area contributed by atoms with E-state index in [0.29, 0.717) is 30.2 Å². The van der Waals surface area contributed by atoms with Crippen LogP contribution in [0.2, 0.25) is 0 Å². The van der Waals surface area contributed by atoms with E-state index >= 15 is 0 Å². The van der Waals surface area contributed by atoms with Crippen LogP contribution in [-0.2, 0) is 28.1 Å². The van der Waals surface area contributed by atoms with Gasteiger partial charge in [0.25, 0.3) is 0 Å². The number of likely N-dealkylation sites (N-methyl/N-ethyl adjacent to an activating group) is 1. The van der Waals surface area contributed by atoms with Crippen molar-refractivity contribution in [3.63, 3.8) is 0 Å². The number of nitrogens with zero attached hydrogens (tertiary/aromatic N) is 3. The second kappa shape index (κ2) is 15.7. The number of carbonyl (C=O) groups excluding carboxylic acids is 2. The van der Waals surface area contributed by atoms with Gasteiger partial charge in [-0.05, 0) is 60.8 Å². The topological polar surface area (TPSA) is 43.9 Å². The molecular weight excluding hydrogens is 645 g/mol. The molecule has 1 aliphatic heterocycles. The van der Waals surface area contributed by atoms with Crippen molar-refractivity contribution in [1.29, 1.82) is 0 Å².